The third-order valence-corrected chi connectivity index (χ3v) is 4.53. The van der Waals surface area contributed by atoms with Crippen LogP contribution in [0.4, 0.5) is 5.69 Å². The van der Waals surface area contributed by atoms with E-state index in [1.807, 2.05) is 4.90 Å². The highest BCUT2D eigenvalue weighted by atomic mass is 16.5. The third kappa shape index (κ3) is 2.63. The predicted molar refractivity (Wildman–Crippen MR) is 76.2 cm³/mol. The first kappa shape index (κ1) is 13.4. The Balaban J connectivity index is 1.65. The average Bonchev–Trinajstić information content (AvgIpc) is 2.98. The molecule has 2 saturated heterocycles. The number of ether oxygens (including phenoxy) is 1. The van der Waals surface area contributed by atoms with Crippen LogP contribution in [-0.2, 0) is 4.74 Å². The molecule has 1 amide bonds. The van der Waals surface area contributed by atoms with Crippen LogP contribution in [0.2, 0.25) is 0 Å². The van der Waals surface area contributed by atoms with Crippen molar-refractivity contribution in [3.05, 3.63) is 24.0 Å². The molecule has 5 heteroatoms. The highest BCUT2D eigenvalue weighted by Crippen LogP contribution is 2.32. The first-order valence-corrected chi connectivity index (χ1v) is 7.32. The highest BCUT2D eigenvalue weighted by molar-refractivity contribution is 5.98. The van der Waals surface area contributed by atoms with Crippen molar-refractivity contribution in [1.82, 2.24) is 9.88 Å². The van der Waals surface area contributed by atoms with E-state index in [4.69, 9.17) is 10.5 Å². The SMILES string of the molecule is Nc1ccncc1C(=O)N1CCC(C2CCOCC2)C1. The van der Waals surface area contributed by atoms with Gasteiger partial charge in [0.1, 0.15) is 0 Å². The van der Waals surface area contributed by atoms with Crippen LogP contribution in [0, 0.1) is 11.8 Å². The normalized spacial score (nSPS) is 24.0. The standard InChI is InChI=1S/C15H21N3O2/c16-14-1-5-17-9-13(14)15(19)18-6-2-12(10-18)11-3-7-20-8-4-11/h1,5,9,11-12H,2-4,6-8,10H2,(H2,16,17). The molecule has 0 aliphatic carbocycles. The van der Waals surface area contributed by atoms with Gasteiger partial charge >= 0.3 is 0 Å². The van der Waals surface area contributed by atoms with Gasteiger partial charge in [-0.2, -0.15) is 0 Å². The summed E-state index contributed by atoms with van der Waals surface area (Å²) in [5.41, 5.74) is 6.90. The van der Waals surface area contributed by atoms with Crippen LogP contribution in [0.3, 0.4) is 0 Å². The van der Waals surface area contributed by atoms with E-state index < -0.39 is 0 Å². The van der Waals surface area contributed by atoms with Crippen molar-refractivity contribution in [2.45, 2.75) is 19.3 Å². The maximum atomic E-state index is 12.5. The number of hydrogen-bond acceptors (Lipinski definition) is 4. The number of nitrogen functional groups attached to an aromatic ring is 1. The van der Waals surface area contributed by atoms with Crippen molar-refractivity contribution < 1.29 is 9.53 Å². The fourth-order valence-corrected chi connectivity index (χ4v) is 3.30. The molecule has 0 radical (unpaired) electrons. The third-order valence-electron chi connectivity index (χ3n) is 4.53. The summed E-state index contributed by atoms with van der Waals surface area (Å²) in [4.78, 5) is 18.4. The minimum atomic E-state index is 0.0187. The number of nitrogens with two attached hydrogens (primary N) is 1. The average molecular weight is 275 g/mol. The van der Waals surface area contributed by atoms with Crippen molar-refractivity contribution in [1.29, 1.82) is 0 Å². The van der Waals surface area contributed by atoms with E-state index >= 15 is 0 Å². The van der Waals surface area contributed by atoms with Gasteiger partial charge in [-0.25, -0.2) is 0 Å². The molecule has 1 aromatic rings. The summed E-state index contributed by atoms with van der Waals surface area (Å²) in [7, 11) is 0. The molecule has 0 spiro atoms. The molecule has 0 bridgehead atoms. The molecule has 1 aromatic heterocycles. The van der Waals surface area contributed by atoms with Gasteiger partial charge in [0.25, 0.3) is 5.91 Å². The minimum Gasteiger partial charge on any atom is -0.398 e. The molecule has 3 heterocycles. The van der Waals surface area contributed by atoms with Crippen LogP contribution in [0.25, 0.3) is 0 Å². The Kier molecular flexibility index (Phi) is 3.87. The van der Waals surface area contributed by atoms with Gasteiger partial charge in [-0.1, -0.05) is 0 Å². The quantitative estimate of drug-likeness (QED) is 0.889. The largest absolute Gasteiger partial charge is 0.398 e. The lowest BCUT2D eigenvalue weighted by Gasteiger charge is -2.27. The number of likely N-dealkylation sites (tertiary alicyclic amines) is 1. The number of pyridine rings is 1. The molecule has 20 heavy (non-hydrogen) atoms. The topological polar surface area (TPSA) is 68.5 Å². The molecule has 1 atom stereocenters. The lowest BCUT2D eigenvalue weighted by molar-refractivity contribution is 0.0471. The molecular formula is C15H21N3O2. The molecule has 2 aliphatic heterocycles. The van der Waals surface area contributed by atoms with E-state index in [1.54, 1.807) is 18.5 Å². The lowest BCUT2D eigenvalue weighted by Crippen LogP contribution is -2.31. The summed E-state index contributed by atoms with van der Waals surface area (Å²) in [6, 6.07) is 1.68. The van der Waals surface area contributed by atoms with E-state index in [1.165, 1.54) is 0 Å². The molecule has 0 saturated carbocycles. The number of anilines is 1. The van der Waals surface area contributed by atoms with E-state index in [-0.39, 0.29) is 5.91 Å². The zero-order valence-corrected chi connectivity index (χ0v) is 11.6. The number of carbonyl (C=O) groups excluding carboxylic acids is 1. The van der Waals surface area contributed by atoms with Crippen molar-refractivity contribution in [2.75, 3.05) is 32.0 Å². The Morgan fingerprint density at radius 3 is 2.85 bits per heavy atom. The summed E-state index contributed by atoms with van der Waals surface area (Å²) in [6.45, 7) is 3.41. The van der Waals surface area contributed by atoms with Gasteiger partial charge in [-0.3, -0.25) is 9.78 Å². The molecule has 3 rings (SSSR count). The van der Waals surface area contributed by atoms with Gasteiger partial charge in [0.05, 0.1) is 5.56 Å². The smallest absolute Gasteiger partial charge is 0.257 e. The number of amides is 1. The fourth-order valence-electron chi connectivity index (χ4n) is 3.30. The monoisotopic (exact) mass is 275 g/mol. The van der Waals surface area contributed by atoms with Crippen LogP contribution >= 0.6 is 0 Å². The van der Waals surface area contributed by atoms with Crippen LogP contribution in [0.1, 0.15) is 29.6 Å². The Bertz CT molecular complexity index is 486. The molecule has 5 nitrogen and oxygen atoms in total. The zero-order valence-electron chi connectivity index (χ0n) is 11.6. The van der Waals surface area contributed by atoms with Crippen molar-refractivity contribution in [2.24, 2.45) is 11.8 Å². The number of rotatable bonds is 2. The van der Waals surface area contributed by atoms with Gasteiger partial charge < -0.3 is 15.4 Å². The highest BCUT2D eigenvalue weighted by Gasteiger charge is 2.33. The second-order valence-electron chi connectivity index (χ2n) is 5.71. The minimum absolute atomic E-state index is 0.0187. The van der Waals surface area contributed by atoms with Crippen molar-refractivity contribution in [3.8, 4) is 0 Å². The number of carbonyl (C=O) groups is 1. The van der Waals surface area contributed by atoms with Crippen LogP contribution in [0.5, 0.6) is 0 Å². The van der Waals surface area contributed by atoms with Gasteiger partial charge in [0.15, 0.2) is 0 Å². The zero-order chi connectivity index (χ0) is 13.9. The molecule has 1 unspecified atom stereocenters. The van der Waals surface area contributed by atoms with Crippen LogP contribution in [0.15, 0.2) is 18.5 Å². The summed E-state index contributed by atoms with van der Waals surface area (Å²) >= 11 is 0. The second-order valence-corrected chi connectivity index (χ2v) is 5.71. The number of aromatic nitrogens is 1. The summed E-state index contributed by atoms with van der Waals surface area (Å²) in [6.07, 6.45) is 6.53. The second kappa shape index (κ2) is 5.79. The van der Waals surface area contributed by atoms with Gasteiger partial charge in [0.2, 0.25) is 0 Å². The maximum absolute atomic E-state index is 12.5. The Morgan fingerprint density at radius 2 is 2.10 bits per heavy atom. The van der Waals surface area contributed by atoms with E-state index in [2.05, 4.69) is 4.98 Å². The number of nitrogens with zero attached hydrogens (tertiary/aromatic N) is 2. The molecule has 0 aromatic carbocycles. The summed E-state index contributed by atoms with van der Waals surface area (Å²) < 4.78 is 5.41. The van der Waals surface area contributed by atoms with Gasteiger partial charge in [-0.15, -0.1) is 0 Å². The summed E-state index contributed by atoms with van der Waals surface area (Å²) in [5, 5.41) is 0. The van der Waals surface area contributed by atoms with Gasteiger partial charge in [-0.05, 0) is 37.2 Å². The van der Waals surface area contributed by atoms with Crippen LogP contribution < -0.4 is 5.73 Å². The molecular weight excluding hydrogens is 254 g/mol. The van der Waals surface area contributed by atoms with E-state index in [0.29, 0.717) is 23.1 Å². The Hall–Kier alpha value is -1.62. The van der Waals surface area contributed by atoms with Crippen molar-refractivity contribution in [3.63, 3.8) is 0 Å². The fraction of sp³-hybridized carbons (Fsp3) is 0.600. The van der Waals surface area contributed by atoms with Crippen LogP contribution in [-0.4, -0.2) is 42.1 Å². The predicted octanol–water partition coefficient (Wildman–Crippen LogP) is 1.55. The molecule has 2 N–H and O–H groups in total. The first-order chi connectivity index (χ1) is 9.75. The molecule has 2 aliphatic rings. The van der Waals surface area contributed by atoms with E-state index in [9.17, 15) is 4.79 Å². The van der Waals surface area contributed by atoms with E-state index in [0.717, 1.165) is 45.6 Å². The van der Waals surface area contributed by atoms with Gasteiger partial charge in [0, 0.05) is 44.4 Å². The Morgan fingerprint density at radius 1 is 1.30 bits per heavy atom. The summed E-state index contributed by atoms with van der Waals surface area (Å²) in [5.74, 6) is 1.33. The first-order valence-electron chi connectivity index (χ1n) is 7.32. The number of hydrogen-bond donors (Lipinski definition) is 1. The molecule has 108 valence electrons. The lowest BCUT2D eigenvalue weighted by atomic mass is 9.85. The molecule has 2 fully saturated rings. The Labute approximate surface area is 119 Å². The maximum Gasteiger partial charge on any atom is 0.257 e. The van der Waals surface area contributed by atoms with Crippen molar-refractivity contribution >= 4 is 11.6 Å².